The SMILES string of the molecule is C[C@H](CO)NC(=O)Cc1ccc(F)cc1. The van der Waals surface area contributed by atoms with E-state index < -0.39 is 0 Å². The van der Waals surface area contributed by atoms with Gasteiger partial charge in [-0.15, -0.1) is 0 Å². The zero-order valence-corrected chi connectivity index (χ0v) is 8.53. The number of carbonyl (C=O) groups excluding carboxylic acids is 1. The molecule has 0 unspecified atom stereocenters. The molecule has 0 radical (unpaired) electrons. The van der Waals surface area contributed by atoms with Gasteiger partial charge in [0, 0.05) is 6.04 Å². The minimum absolute atomic E-state index is 0.0881. The van der Waals surface area contributed by atoms with Crippen LogP contribution in [-0.2, 0) is 11.2 Å². The smallest absolute Gasteiger partial charge is 0.224 e. The fraction of sp³-hybridized carbons (Fsp3) is 0.364. The lowest BCUT2D eigenvalue weighted by Gasteiger charge is -2.10. The average molecular weight is 211 g/mol. The zero-order valence-electron chi connectivity index (χ0n) is 8.53. The Morgan fingerprint density at radius 3 is 2.60 bits per heavy atom. The molecule has 4 heteroatoms. The maximum atomic E-state index is 12.6. The molecule has 0 spiro atoms. The third-order valence-electron chi connectivity index (χ3n) is 1.96. The maximum Gasteiger partial charge on any atom is 0.224 e. The highest BCUT2D eigenvalue weighted by Crippen LogP contribution is 2.03. The zero-order chi connectivity index (χ0) is 11.3. The van der Waals surface area contributed by atoms with Gasteiger partial charge in [-0.25, -0.2) is 4.39 Å². The van der Waals surface area contributed by atoms with E-state index in [-0.39, 0.29) is 30.8 Å². The van der Waals surface area contributed by atoms with Crippen molar-refractivity contribution >= 4 is 5.91 Å². The average Bonchev–Trinajstić information content (AvgIpc) is 2.21. The van der Waals surface area contributed by atoms with Crippen molar-refractivity contribution in [2.75, 3.05) is 6.61 Å². The number of halogens is 1. The summed E-state index contributed by atoms with van der Waals surface area (Å²) in [5.41, 5.74) is 0.749. The molecule has 1 aromatic rings. The van der Waals surface area contributed by atoms with Gasteiger partial charge in [-0.1, -0.05) is 12.1 Å². The molecule has 1 amide bonds. The quantitative estimate of drug-likeness (QED) is 0.776. The highest BCUT2D eigenvalue weighted by molar-refractivity contribution is 5.78. The van der Waals surface area contributed by atoms with Crippen LogP contribution in [0.25, 0.3) is 0 Å². The van der Waals surface area contributed by atoms with E-state index in [9.17, 15) is 9.18 Å². The lowest BCUT2D eigenvalue weighted by molar-refractivity contribution is -0.121. The number of amides is 1. The molecule has 3 nitrogen and oxygen atoms in total. The Hall–Kier alpha value is -1.42. The van der Waals surface area contributed by atoms with E-state index in [1.807, 2.05) is 0 Å². The second-order valence-electron chi connectivity index (χ2n) is 3.45. The van der Waals surface area contributed by atoms with E-state index in [0.29, 0.717) is 0 Å². The summed E-state index contributed by atoms with van der Waals surface area (Å²) in [5, 5.41) is 11.3. The van der Waals surface area contributed by atoms with Crippen molar-refractivity contribution in [3.8, 4) is 0 Å². The van der Waals surface area contributed by atoms with E-state index in [2.05, 4.69) is 5.32 Å². The fourth-order valence-corrected chi connectivity index (χ4v) is 1.16. The summed E-state index contributed by atoms with van der Waals surface area (Å²) in [5.74, 6) is -0.494. The largest absolute Gasteiger partial charge is 0.394 e. The molecule has 0 aliphatic carbocycles. The van der Waals surface area contributed by atoms with E-state index in [0.717, 1.165) is 5.56 Å². The van der Waals surface area contributed by atoms with E-state index >= 15 is 0 Å². The summed E-state index contributed by atoms with van der Waals surface area (Å²) in [4.78, 5) is 11.4. The van der Waals surface area contributed by atoms with Gasteiger partial charge in [0.25, 0.3) is 0 Å². The monoisotopic (exact) mass is 211 g/mol. The Labute approximate surface area is 87.9 Å². The van der Waals surface area contributed by atoms with Crippen LogP contribution in [0.2, 0.25) is 0 Å². The van der Waals surface area contributed by atoms with Crippen molar-refractivity contribution in [3.63, 3.8) is 0 Å². The fourth-order valence-electron chi connectivity index (χ4n) is 1.16. The highest BCUT2D eigenvalue weighted by Gasteiger charge is 2.06. The van der Waals surface area contributed by atoms with Crippen molar-refractivity contribution in [3.05, 3.63) is 35.6 Å². The molecule has 0 bridgehead atoms. The van der Waals surface area contributed by atoms with Gasteiger partial charge in [0.1, 0.15) is 5.82 Å². The number of aliphatic hydroxyl groups is 1. The maximum absolute atomic E-state index is 12.6. The standard InChI is InChI=1S/C11H14FNO2/c1-8(7-14)13-11(15)6-9-2-4-10(12)5-3-9/h2-5,8,14H,6-7H2,1H3,(H,13,15)/t8-/m1/s1. The van der Waals surface area contributed by atoms with Crippen LogP contribution in [0, 0.1) is 5.82 Å². The van der Waals surface area contributed by atoms with Gasteiger partial charge >= 0.3 is 0 Å². The first-order valence-electron chi connectivity index (χ1n) is 4.76. The summed E-state index contributed by atoms with van der Waals surface area (Å²) < 4.78 is 12.6. The number of nitrogens with one attached hydrogen (secondary N) is 1. The molecule has 0 aliphatic rings. The summed E-state index contributed by atoms with van der Waals surface area (Å²) in [7, 11) is 0. The lowest BCUT2D eigenvalue weighted by atomic mass is 10.1. The molecule has 0 fully saturated rings. The Balaban J connectivity index is 2.48. The van der Waals surface area contributed by atoms with Gasteiger partial charge in [0.2, 0.25) is 5.91 Å². The van der Waals surface area contributed by atoms with Crippen LogP contribution in [0.3, 0.4) is 0 Å². The minimum atomic E-state index is -0.317. The van der Waals surface area contributed by atoms with E-state index in [1.165, 1.54) is 12.1 Å². The summed E-state index contributed by atoms with van der Waals surface area (Å²) in [6, 6.07) is 5.52. The molecule has 0 heterocycles. The van der Waals surface area contributed by atoms with Crippen molar-refractivity contribution in [1.82, 2.24) is 5.32 Å². The minimum Gasteiger partial charge on any atom is -0.394 e. The summed E-state index contributed by atoms with van der Waals surface area (Å²) in [6.45, 7) is 1.62. The molecule has 0 saturated heterocycles. The number of aliphatic hydroxyl groups excluding tert-OH is 1. The van der Waals surface area contributed by atoms with Crippen molar-refractivity contribution in [2.24, 2.45) is 0 Å². The Morgan fingerprint density at radius 2 is 2.07 bits per heavy atom. The van der Waals surface area contributed by atoms with Gasteiger partial charge in [0.15, 0.2) is 0 Å². The highest BCUT2D eigenvalue weighted by atomic mass is 19.1. The van der Waals surface area contributed by atoms with Crippen molar-refractivity contribution < 1.29 is 14.3 Å². The predicted molar refractivity (Wildman–Crippen MR) is 54.8 cm³/mol. The van der Waals surface area contributed by atoms with Crippen LogP contribution in [0.15, 0.2) is 24.3 Å². The normalized spacial score (nSPS) is 12.2. The number of hydrogen-bond donors (Lipinski definition) is 2. The van der Waals surface area contributed by atoms with E-state index in [4.69, 9.17) is 5.11 Å². The Bertz CT molecular complexity index is 324. The number of hydrogen-bond acceptors (Lipinski definition) is 2. The number of carbonyl (C=O) groups is 1. The van der Waals surface area contributed by atoms with Crippen LogP contribution in [0.4, 0.5) is 4.39 Å². The van der Waals surface area contributed by atoms with Gasteiger partial charge < -0.3 is 10.4 Å². The third-order valence-corrected chi connectivity index (χ3v) is 1.96. The van der Waals surface area contributed by atoms with Crippen molar-refractivity contribution in [2.45, 2.75) is 19.4 Å². The molecule has 0 aliphatic heterocycles. The summed E-state index contributed by atoms with van der Waals surface area (Å²) >= 11 is 0. The van der Waals surface area contributed by atoms with Gasteiger partial charge in [0.05, 0.1) is 13.0 Å². The van der Waals surface area contributed by atoms with Crippen LogP contribution < -0.4 is 5.32 Å². The second-order valence-corrected chi connectivity index (χ2v) is 3.45. The Kier molecular flexibility index (Phi) is 4.24. The molecule has 0 saturated carbocycles. The van der Waals surface area contributed by atoms with Crippen LogP contribution >= 0.6 is 0 Å². The Morgan fingerprint density at radius 1 is 1.47 bits per heavy atom. The molecular formula is C11H14FNO2. The molecular weight excluding hydrogens is 197 g/mol. The lowest BCUT2D eigenvalue weighted by Crippen LogP contribution is -2.35. The topological polar surface area (TPSA) is 49.3 Å². The first-order valence-corrected chi connectivity index (χ1v) is 4.76. The molecule has 15 heavy (non-hydrogen) atoms. The summed E-state index contributed by atoms with van der Waals surface area (Å²) in [6.07, 6.45) is 0.199. The van der Waals surface area contributed by atoms with Crippen LogP contribution in [0.1, 0.15) is 12.5 Å². The molecule has 1 aromatic carbocycles. The number of benzene rings is 1. The molecule has 0 aromatic heterocycles. The van der Waals surface area contributed by atoms with Crippen LogP contribution in [-0.4, -0.2) is 23.7 Å². The molecule has 1 atom stereocenters. The first-order chi connectivity index (χ1) is 7.11. The van der Waals surface area contributed by atoms with Gasteiger partial charge in [-0.2, -0.15) is 0 Å². The first kappa shape index (κ1) is 11.7. The molecule has 2 N–H and O–H groups in total. The van der Waals surface area contributed by atoms with Crippen LogP contribution in [0.5, 0.6) is 0 Å². The predicted octanol–water partition coefficient (Wildman–Crippen LogP) is 0.865. The van der Waals surface area contributed by atoms with Crippen molar-refractivity contribution in [1.29, 1.82) is 0 Å². The van der Waals surface area contributed by atoms with E-state index in [1.54, 1.807) is 19.1 Å². The van der Waals surface area contributed by atoms with Gasteiger partial charge in [-0.05, 0) is 24.6 Å². The van der Waals surface area contributed by atoms with Gasteiger partial charge in [-0.3, -0.25) is 4.79 Å². The second kappa shape index (κ2) is 5.46. The molecule has 1 rings (SSSR count). The number of rotatable bonds is 4. The third kappa shape index (κ3) is 4.08. The molecule has 82 valence electrons.